The number of carbonyl (C=O) groups is 1. The standard InChI is InChI=1S/C14H17N3O3/c1-2-7-17(9-13(15)16-19)14(18)12-8-10-5-3-4-6-11(10)20-12/h3-6,8,19H,2,7,9H2,1H3,(H2,15,16). The third-order valence-electron chi connectivity index (χ3n) is 2.90. The lowest BCUT2D eigenvalue weighted by atomic mass is 10.2. The zero-order valence-electron chi connectivity index (χ0n) is 11.2. The van der Waals surface area contributed by atoms with Gasteiger partial charge in [0, 0.05) is 11.9 Å². The van der Waals surface area contributed by atoms with E-state index in [1.54, 1.807) is 12.1 Å². The van der Waals surface area contributed by atoms with Crippen molar-refractivity contribution >= 4 is 22.7 Å². The molecular weight excluding hydrogens is 258 g/mol. The normalized spacial score (nSPS) is 11.8. The Morgan fingerprint density at radius 2 is 2.20 bits per heavy atom. The number of nitrogens with zero attached hydrogens (tertiary/aromatic N) is 2. The predicted molar refractivity (Wildman–Crippen MR) is 75.8 cm³/mol. The fourth-order valence-corrected chi connectivity index (χ4v) is 1.99. The summed E-state index contributed by atoms with van der Waals surface area (Å²) in [4.78, 5) is 13.9. The van der Waals surface area contributed by atoms with Crippen molar-refractivity contribution in [1.29, 1.82) is 0 Å². The SMILES string of the molecule is CCCN(CC(N)=NO)C(=O)c1cc2ccccc2o1. The zero-order chi connectivity index (χ0) is 14.5. The first-order valence-corrected chi connectivity index (χ1v) is 6.40. The third kappa shape index (κ3) is 2.90. The molecule has 0 spiro atoms. The number of hydrogen-bond acceptors (Lipinski definition) is 4. The number of amidine groups is 1. The van der Waals surface area contributed by atoms with Gasteiger partial charge in [0.2, 0.25) is 0 Å². The van der Waals surface area contributed by atoms with Crippen LogP contribution in [0, 0.1) is 0 Å². The van der Waals surface area contributed by atoms with Gasteiger partial charge in [-0.15, -0.1) is 0 Å². The fraction of sp³-hybridized carbons (Fsp3) is 0.286. The molecule has 0 unspecified atom stereocenters. The lowest BCUT2D eigenvalue weighted by Crippen LogP contribution is -2.38. The van der Waals surface area contributed by atoms with Gasteiger partial charge in [0.25, 0.3) is 5.91 Å². The Morgan fingerprint density at radius 1 is 1.45 bits per heavy atom. The molecule has 2 aromatic rings. The molecule has 0 radical (unpaired) electrons. The molecule has 1 amide bonds. The van der Waals surface area contributed by atoms with Crippen molar-refractivity contribution in [3.05, 3.63) is 36.1 Å². The number of furan rings is 1. The lowest BCUT2D eigenvalue weighted by Gasteiger charge is -2.19. The molecule has 2 rings (SSSR count). The Kier molecular flexibility index (Phi) is 4.24. The minimum atomic E-state index is -0.269. The van der Waals surface area contributed by atoms with Crippen molar-refractivity contribution in [2.24, 2.45) is 10.9 Å². The number of oxime groups is 1. The van der Waals surface area contributed by atoms with E-state index in [9.17, 15) is 4.79 Å². The second-order valence-corrected chi connectivity index (χ2v) is 4.47. The van der Waals surface area contributed by atoms with Gasteiger partial charge in [-0.25, -0.2) is 0 Å². The van der Waals surface area contributed by atoms with Crippen LogP contribution in [-0.4, -0.2) is 34.9 Å². The monoisotopic (exact) mass is 275 g/mol. The molecule has 0 aliphatic rings. The van der Waals surface area contributed by atoms with Gasteiger partial charge in [-0.2, -0.15) is 0 Å². The molecule has 0 aliphatic carbocycles. The van der Waals surface area contributed by atoms with Gasteiger partial charge in [0.05, 0.1) is 6.54 Å². The van der Waals surface area contributed by atoms with E-state index in [1.807, 2.05) is 25.1 Å². The number of fused-ring (bicyclic) bond motifs is 1. The van der Waals surface area contributed by atoms with E-state index in [2.05, 4.69) is 5.16 Å². The number of nitrogens with two attached hydrogens (primary N) is 1. The quantitative estimate of drug-likeness (QED) is 0.378. The summed E-state index contributed by atoms with van der Waals surface area (Å²) >= 11 is 0. The molecule has 1 aromatic carbocycles. The first-order valence-electron chi connectivity index (χ1n) is 6.40. The summed E-state index contributed by atoms with van der Waals surface area (Å²) in [6.07, 6.45) is 0.769. The molecule has 1 heterocycles. The van der Waals surface area contributed by atoms with Crippen molar-refractivity contribution in [2.45, 2.75) is 13.3 Å². The average Bonchev–Trinajstić information content (AvgIpc) is 2.89. The third-order valence-corrected chi connectivity index (χ3v) is 2.90. The molecule has 3 N–H and O–H groups in total. The Hall–Kier alpha value is -2.50. The highest BCUT2D eigenvalue weighted by molar-refractivity contribution is 5.98. The highest BCUT2D eigenvalue weighted by atomic mass is 16.4. The summed E-state index contributed by atoms with van der Waals surface area (Å²) in [7, 11) is 0. The Morgan fingerprint density at radius 3 is 2.85 bits per heavy atom. The average molecular weight is 275 g/mol. The summed E-state index contributed by atoms with van der Waals surface area (Å²) < 4.78 is 5.54. The van der Waals surface area contributed by atoms with Gasteiger partial charge in [0.1, 0.15) is 5.58 Å². The second kappa shape index (κ2) is 6.10. The van der Waals surface area contributed by atoms with Crippen LogP contribution in [0.25, 0.3) is 11.0 Å². The first kappa shape index (κ1) is 13.9. The van der Waals surface area contributed by atoms with E-state index in [4.69, 9.17) is 15.4 Å². The summed E-state index contributed by atoms with van der Waals surface area (Å²) in [5, 5.41) is 12.4. The molecule has 0 saturated heterocycles. The van der Waals surface area contributed by atoms with Crippen LogP contribution in [0.3, 0.4) is 0 Å². The maximum Gasteiger partial charge on any atom is 0.290 e. The highest BCUT2D eigenvalue weighted by Crippen LogP contribution is 2.20. The van der Waals surface area contributed by atoms with Gasteiger partial charge in [-0.05, 0) is 18.6 Å². The number of amides is 1. The second-order valence-electron chi connectivity index (χ2n) is 4.47. The Bertz CT molecular complexity index is 600. The highest BCUT2D eigenvalue weighted by Gasteiger charge is 2.20. The first-order chi connectivity index (χ1) is 9.65. The summed E-state index contributed by atoms with van der Waals surface area (Å²) in [6.45, 7) is 2.53. The number of hydrogen-bond donors (Lipinski definition) is 2. The predicted octanol–water partition coefficient (Wildman–Crippen LogP) is 2.03. The van der Waals surface area contributed by atoms with Gasteiger partial charge in [-0.3, -0.25) is 4.79 Å². The van der Waals surface area contributed by atoms with Crippen LogP contribution in [0.4, 0.5) is 0 Å². The Labute approximate surface area is 116 Å². The van der Waals surface area contributed by atoms with Crippen LogP contribution >= 0.6 is 0 Å². The van der Waals surface area contributed by atoms with Crippen LogP contribution in [-0.2, 0) is 0 Å². The molecule has 106 valence electrons. The van der Waals surface area contributed by atoms with E-state index in [-0.39, 0.29) is 24.0 Å². The van der Waals surface area contributed by atoms with Crippen LogP contribution < -0.4 is 5.73 Å². The molecule has 20 heavy (non-hydrogen) atoms. The maximum absolute atomic E-state index is 12.4. The maximum atomic E-state index is 12.4. The molecular formula is C14H17N3O3. The van der Waals surface area contributed by atoms with E-state index in [1.165, 1.54) is 4.90 Å². The van der Waals surface area contributed by atoms with Gasteiger partial charge in [0.15, 0.2) is 11.6 Å². The van der Waals surface area contributed by atoms with Crippen LogP contribution in [0.15, 0.2) is 39.9 Å². The van der Waals surface area contributed by atoms with Gasteiger partial charge < -0.3 is 20.3 Å². The summed E-state index contributed by atoms with van der Waals surface area (Å²) in [6, 6.07) is 9.11. The minimum Gasteiger partial charge on any atom is -0.451 e. The summed E-state index contributed by atoms with van der Waals surface area (Å²) in [5.41, 5.74) is 6.13. The number of para-hydroxylation sites is 1. The van der Waals surface area contributed by atoms with E-state index in [0.717, 1.165) is 11.8 Å². The lowest BCUT2D eigenvalue weighted by molar-refractivity contribution is 0.0749. The molecule has 0 saturated carbocycles. The smallest absolute Gasteiger partial charge is 0.290 e. The molecule has 1 aromatic heterocycles. The largest absolute Gasteiger partial charge is 0.451 e. The van der Waals surface area contributed by atoms with Crippen molar-refractivity contribution in [1.82, 2.24) is 4.90 Å². The fourth-order valence-electron chi connectivity index (χ4n) is 1.99. The molecule has 6 nitrogen and oxygen atoms in total. The van der Waals surface area contributed by atoms with Crippen molar-refractivity contribution in [3.63, 3.8) is 0 Å². The molecule has 0 aliphatic heterocycles. The molecule has 0 bridgehead atoms. The van der Waals surface area contributed by atoms with Gasteiger partial charge in [-0.1, -0.05) is 30.3 Å². The number of rotatable bonds is 5. The van der Waals surface area contributed by atoms with Crippen molar-refractivity contribution in [2.75, 3.05) is 13.1 Å². The van der Waals surface area contributed by atoms with E-state index < -0.39 is 0 Å². The van der Waals surface area contributed by atoms with Crippen LogP contribution in [0.5, 0.6) is 0 Å². The molecule has 0 fully saturated rings. The molecule has 6 heteroatoms. The number of benzene rings is 1. The number of carbonyl (C=O) groups excluding carboxylic acids is 1. The Balaban J connectivity index is 2.26. The minimum absolute atomic E-state index is 0.0112. The van der Waals surface area contributed by atoms with Crippen molar-refractivity contribution < 1.29 is 14.4 Å². The van der Waals surface area contributed by atoms with Crippen molar-refractivity contribution in [3.8, 4) is 0 Å². The van der Waals surface area contributed by atoms with E-state index >= 15 is 0 Å². The van der Waals surface area contributed by atoms with Crippen LogP contribution in [0.1, 0.15) is 23.9 Å². The molecule has 0 atom stereocenters. The van der Waals surface area contributed by atoms with Gasteiger partial charge >= 0.3 is 0 Å². The topological polar surface area (TPSA) is 92.1 Å². The van der Waals surface area contributed by atoms with E-state index in [0.29, 0.717) is 12.1 Å². The zero-order valence-corrected chi connectivity index (χ0v) is 11.2. The van der Waals surface area contributed by atoms with Crippen LogP contribution in [0.2, 0.25) is 0 Å². The summed E-state index contributed by atoms with van der Waals surface area (Å²) in [5.74, 6) is -0.0250.